The van der Waals surface area contributed by atoms with Crippen molar-refractivity contribution in [1.82, 2.24) is 19.7 Å². The van der Waals surface area contributed by atoms with Crippen molar-refractivity contribution in [2.75, 3.05) is 0 Å². The standard InChI is InChI=1S/C28H21N5O/c1-18-12-13-19(2)24(14-18)26-21(17-33(32-26)22-8-4-3-5-9-22)15-20(16-29)27-30-25-11-7-6-10-23(25)28(34)31-27/h3-15,17H,1-2H3,(H,30,31,34)/b20-15-. The summed E-state index contributed by atoms with van der Waals surface area (Å²) in [7, 11) is 0. The summed E-state index contributed by atoms with van der Waals surface area (Å²) < 4.78 is 1.80. The van der Waals surface area contributed by atoms with Gasteiger partial charge in [-0.15, -0.1) is 0 Å². The first-order valence-electron chi connectivity index (χ1n) is 10.9. The molecule has 6 nitrogen and oxygen atoms in total. The molecule has 3 aromatic carbocycles. The van der Waals surface area contributed by atoms with Crippen LogP contribution in [0.3, 0.4) is 0 Å². The minimum Gasteiger partial charge on any atom is -0.305 e. The molecule has 0 saturated heterocycles. The average molecular weight is 444 g/mol. The van der Waals surface area contributed by atoms with Gasteiger partial charge in [0.05, 0.1) is 22.2 Å². The van der Waals surface area contributed by atoms with Gasteiger partial charge in [-0.1, -0.05) is 48.0 Å². The molecule has 0 amide bonds. The zero-order valence-electron chi connectivity index (χ0n) is 18.8. The number of nitriles is 1. The van der Waals surface area contributed by atoms with Gasteiger partial charge in [-0.05, 0) is 55.8 Å². The van der Waals surface area contributed by atoms with Crippen molar-refractivity contribution >= 4 is 22.6 Å². The molecular formula is C28H21N5O. The van der Waals surface area contributed by atoms with Gasteiger partial charge in [-0.3, -0.25) is 4.79 Å². The van der Waals surface area contributed by atoms with Crippen LogP contribution >= 0.6 is 0 Å². The molecule has 164 valence electrons. The average Bonchev–Trinajstić information content (AvgIpc) is 3.28. The van der Waals surface area contributed by atoms with Crippen LogP contribution in [0, 0.1) is 25.2 Å². The van der Waals surface area contributed by atoms with Crippen LogP contribution in [0.4, 0.5) is 0 Å². The Balaban J connectivity index is 1.72. The maximum Gasteiger partial charge on any atom is 0.259 e. The summed E-state index contributed by atoms with van der Waals surface area (Å²) in [6.07, 6.45) is 3.62. The lowest BCUT2D eigenvalue weighted by atomic mass is 9.99. The van der Waals surface area contributed by atoms with Crippen molar-refractivity contribution in [2.45, 2.75) is 13.8 Å². The van der Waals surface area contributed by atoms with E-state index >= 15 is 0 Å². The molecule has 0 aliphatic rings. The predicted molar refractivity (Wildman–Crippen MR) is 134 cm³/mol. The lowest BCUT2D eigenvalue weighted by Gasteiger charge is -2.06. The predicted octanol–water partition coefficient (Wildman–Crippen LogP) is 5.46. The zero-order chi connectivity index (χ0) is 23.7. The maximum atomic E-state index is 12.6. The molecule has 0 aliphatic carbocycles. The van der Waals surface area contributed by atoms with E-state index in [-0.39, 0.29) is 17.0 Å². The Morgan fingerprint density at radius 2 is 1.79 bits per heavy atom. The zero-order valence-corrected chi connectivity index (χ0v) is 18.8. The van der Waals surface area contributed by atoms with Crippen molar-refractivity contribution in [3.63, 3.8) is 0 Å². The van der Waals surface area contributed by atoms with Crippen LogP contribution in [0.25, 0.3) is 39.5 Å². The third-order valence-electron chi connectivity index (χ3n) is 5.70. The van der Waals surface area contributed by atoms with E-state index in [4.69, 9.17) is 5.10 Å². The maximum absolute atomic E-state index is 12.6. The summed E-state index contributed by atoms with van der Waals surface area (Å²) in [5, 5.41) is 15.3. The Labute approximate surface area is 196 Å². The first-order chi connectivity index (χ1) is 16.5. The van der Waals surface area contributed by atoms with Crippen LogP contribution in [0.2, 0.25) is 0 Å². The number of H-pyrrole nitrogens is 1. The fourth-order valence-corrected chi connectivity index (χ4v) is 3.93. The number of aryl methyl sites for hydroxylation is 2. The van der Waals surface area contributed by atoms with Gasteiger partial charge in [0.25, 0.3) is 5.56 Å². The highest BCUT2D eigenvalue weighted by atomic mass is 16.1. The largest absolute Gasteiger partial charge is 0.305 e. The molecule has 5 aromatic rings. The molecule has 0 spiro atoms. The van der Waals surface area contributed by atoms with Crippen molar-refractivity contribution in [3.05, 3.63) is 112 Å². The van der Waals surface area contributed by atoms with E-state index in [1.165, 1.54) is 0 Å². The fourth-order valence-electron chi connectivity index (χ4n) is 3.93. The molecule has 0 bridgehead atoms. The molecule has 0 saturated carbocycles. The second-order valence-electron chi connectivity index (χ2n) is 8.13. The molecule has 34 heavy (non-hydrogen) atoms. The number of aromatic amines is 1. The van der Waals surface area contributed by atoms with Crippen LogP contribution in [-0.4, -0.2) is 19.7 Å². The second-order valence-corrected chi connectivity index (χ2v) is 8.13. The van der Waals surface area contributed by atoms with Crippen LogP contribution in [0.15, 0.2) is 83.8 Å². The molecule has 0 aliphatic heterocycles. The summed E-state index contributed by atoms with van der Waals surface area (Å²) in [4.78, 5) is 19.9. The second kappa shape index (κ2) is 8.64. The van der Waals surface area contributed by atoms with Crippen molar-refractivity contribution < 1.29 is 0 Å². The van der Waals surface area contributed by atoms with Crippen LogP contribution in [0.1, 0.15) is 22.5 Å². The smallest absolute Gasteiger partial charge is 0.259 e. The Bertz CT molecular complexity index is 1650. The van der Waals surface area contributed by atoms with E-state index in [1.54, 1.807) is 29.0 Å². The number of benzene rings is 3. The molecule has 0 unspecified atom stereocenters. The number of hydrogen-bond acceptors (Lipinski definition) is 4. The lowest BCUT2D eigenvalue weighted by molar-refractivity contribution is 0.884. The Kier molecular flexibility index (Phi) is 5.36. The van der Waals surface area contributed by atoms with Gasteiger partial charge in [-0.25, -0.2) is 9.67 Å². The van der Waals surface area contributed by atoms with E-state index in [0.29, 0.717) is 10.9 Å². The van der Waals surface area contributed by atoms with E-state index in [9.17, 15) is 10.1 Å². The number of para-hydroxylation sites is 2. The molecule has 1 N–H and O–H groups in total. The van der Waals surface area contributed by atoms with Gasteiger partial charge in [0.2, 0.25) is 0 Å². The normalized spacial score (nSPS) is 11.5. The number of hydrogen-bond donors (Lipinski definition) is 1. The molecule has 5 rings (SSSR count). The van der Waals surface area contributed by atoms with Gasteiger partial charge in [0.15, 0.2) is 5.82 Å². The SMILES string of the molecule is Cc1ccc(C)c(-c2nn(-c3ccccc3)cc2/C=C(/C#N)c2nc3ccccc3c(=O)[nH]2)c1. The van der Waals surface area contributed by atoms with Crippen LogP contribution < -0.4 is 5.56 Å². The van der Waals surface area contributed by atoms with E-state index in [0.717, 1.165) is 33.6 Å². The van der Waals surface area contributed by atoms with Crippen molar-refractivity contribution in [2.24, 2.45) is 0 Å². The number of allylic oxidation sites excluding steroid dienone is 1. The topological polar surface area (TPSA) is 87.4 Å². The summed E-state index contributed by atoms with van der Waals surface area (Å²) in [6.45, 7) is 4.08. The number of nitrogens with zero attached hydrogens (tertiary/aromatic N) is 4. The van der Waals surface area contributed by atoms with Crippen LogP contribution in [-0.2, 0) is 0 Å². The van der Waals surface area contributed by atoms with Gasteiger partial charge in [0.1, 0.15) is 11.8 Å². The molecule has 0 radical (unpaired) electrons. The van der Waals surface area contributed by atoms with Gasteiger partial charge >= 0.3 is 0 Å². The van der Waals surface area contributed by atoms with E-state index in [1.807, 2.05) is 56.4 Å². The van der Waals surface area contributed by atoms with E-state index in [2.05, 4.69) is 34.2 Å². The van der Waals surface area contributed by atoms with Gasteiger partial charge in [-0.2, -0.15) is 10.4 Å². The molecular weight excluding hydrogens is 422 g/mol. The quantitative estimate of drug-likeness (QED) is 0.374. The Morgan fingerprint density at radius 3 is 2.59 bits per heavy atom. The summed E-state index contributed by atoms with van der Waals surface area (Å²) >= 11 is 0. The monoisotopic (exact) mass is 443 g/mol. The first-order valence-corrected chi connectivity index (χ1v) is 10.9. The highest BCUT2D eigenvalue weighted by Gasteiger charge is 2.16. The van der Waals surface area contributed by atoms with Crippen molar-refractivity contribution in [1.29, 1.82) is 5.26 Å². The molecule has 0 fully saturated rings. The Hall–Kier alpha value is -4.76. The summed E-state index contributed by atoms with van der Waals surface area (Å²) in [5.41, 5.74) is 6.10. The lowest BCUT2D eigenvalue weighted by Crippen LogP contribution is -2.11. The van der Waals surface area contributed by atoms with E-state index < -0.39 is 0 Å². The minimum atomic E-state index is -0.281. The third-order valence-corrected chi connectivity index (χ3v) is 5.70. The fraction of sp³-hybridized carbons (Fsp3) is 0.0714. The molecule has 6 heteroatoms. The number of nitrogens with one attached hydrogen (secondary N) is 1. The number of rotatable bonds is 4. The van der Waals surface area contributed by atoms with Crippen molar-refractivity contribution in [3.8, 4) is 23.0 Å². The Morgan fingerprint density at radius 1 is 1.03 bits per heavy atom. The molecule has 2 aromatic heterocycles. The number of aromatic nitrogens is 4. The highest BCUT2D eigenvalue weighted by Crippen LogP contribution is 2.30. The third kappa shape index (κ3) is 3.91. The van der Waals surface area contributed by atoms with Gasteiger partial charge in [0, 0.05) is 17.3 Å². The summed E-state index contributed by atoms with van der Waals surface area (Å²) in [6, 6.07) is 25.3. The number of fused-ring (bicyclic) bond motifs is 1. The van der Waals surface area contributed by atoms with Crippen LogP contribution in [0.5, 0.6) is 0 Å². The van der Waals surface area contributed by atoms with Gasteiger partial charge < -0.3 is 4.98 Å². The molecule has 0 atom stereocenters. The highest BCUT2D eigenvalue weighted by molar-refractivity contribution is 5.92. The summed E-state index contributed by atoms with van der Waals surface area (Å²) in [5.74, 6) is 0.227. The minimum absolute atomic E-state index is 0.227. The first kappa shape index (κ1) is 21.1. The molecule has 2 heterocycles.